The lowest BCUT2D eigenvalue weighted by Crippen LogP contribution is -2.20. The number of para-hydroxylation sites is 3. The molecule has 1 N–H and O–H groups in total. The highest BCUT2D eigenvalue weighted by Crippen LogP contribution is 2.32. The fourth-order valence-electron chi connectivity index (χ4n) is 2.50. The van der Waals surface area contributed by atoms with Gasteiger partial charge in [0.25, 0.3) is 11.6 Å². The largest absolute Gasteiger partial charge is 0.493 e. The Kier molecular flexibility index (Phi) is 6.26. The number of nitrogens with zero attached hydrogens (tertiary/aromatic N) is 1. The van der Waals surface area contributed by atoms with Gasteiger partial charge in [-0.3, -0.25) is 14.9 Å². The zero-order chi connectivity index (χ0) is 20.6. The van der Waals surface area contributed by atoms with Crippen LogP contribution in [0.3, 0.4) is 0 Å². The summed E-state index contributed by atoms with van der Waals surface area (Å²) in [7, 11) is 1.41. The van der Waals surface area contributed by atoms with Crippen molar-refractivity contribution in [3.63, 3.8) is 0 Å². The van der Waals surface area contributed by atoms with E-state index < -0.39 is 10.8 Å². The zero-order valence-electron chi connectivity index (χ0n) is 15.5. The number of hydrogen-bond acceptors (Lipinski definition) is 6. The minimum absolute atomic E-state index is 0.102. The highest BCUT2D eigenvalue weighted by Gasteiger charge is 2.15. The second-order valence-electron chi connectivity index (χ2n) is 5.84. The minimum atomic E-state index is -0.552. The summed E-state index contributed by atoms with van der Waals surface area (Å²) in [6.45, 7) is -0.364. The molecule has 1 amide bonds. The Morgan fingerprint density at radius 3 is 2.41 bits per heavy atom. The van der Waals surface area contributed by atoms with Crippen LogP contribution in [0.15, 0.2) is 72.8 Å². The van der Waals surface area contributed by atoms with E-state index in [-0.39, 0.29) is 23.8 Å². The molecule has 0 saturated heterocycles. The molecule has 0 atom stereocenters. The quantitative estimate of drug-likeness (QED) is 0.449. The van der Waals surface area contributed by atoms with E-state index in [0.717, 1.165) is 0 Å². The van der Waals surface area contributed by atoms with Gasteiger partial charge in [-0.1, -0.05) is 30.3 Å². The lowest BCUT2D eigenvalue weighted by atomic mass is 10.2. The number of nitro groups is 1. The summed E-state index contributed by atoms with van der Waals surface area (Å²) in [4.78, 5) is 22.7. The predicted molar refractivity (Wildman–Crippen MR) is 107 cm³/mol. The Balaban J connectivity index is 1.68. The highest BCUT2D eigenvalue weighted by atomic mass is 16.6. The maximum absolute atomic E-state index is 12.3. The van der Waals surface area contributed by atoms with E-state index in [1.807, 2.05) is 18.2 Å². The van der Waals surface area contributed by atoms with Gasteiger partial charge in [0.1, 0.15) is 5.75 Å². The SMILES string of the molecule is COc1ccc([N+](=O)[O-])cc1OCC(=O)Nc1ccccc1Oc1ccccc1. The number of nitro benzene ring substituents is 1. The summed E-state index contributed by atoms with van der Waals surface area (Å²) >= 11 is 0. The smallest absolute Gasteiger partial charge is 0.273 e. The average Bonchev–Trinajstić information content (AvgIpc) is 2.74. The Morgan fingerprint density at radius 1 is 0.966 bits per heavy atom. The number of non-ortho nitro benzene ring substituents is 1. The number of methoxy groups -OCH3 is 1. The Hall–Kier alpha value is -4.07. The third-order valence-electron chi connectivity index (χ3n) is 3.85. The van der Waals surface area contributed by atoms with Crippen molar-refractivity contribution in [3.05, 3.63) is 82.9 Å². The van der Waals surface area contributed by atoms with E-state index in [0.29, 0.717) is 17.2 Å². The van der Waals surface area contributed by atoms with Gasteiger partial charge in [-0.25, -0.2) is 0 Å². The summed E-state index contributed by atoms with van der Waals surface area (Å²) in [5.74, 6) is 1.04. The predicted octanol–water partition coefficient (Wildman–Crippen LogP) is 4.41. The topological polar surface area (TPSA) is 99.9 Å². The van der Waals surface area contributed by atoms with E-state index >= 15 is 0 Å². The first-order valence-electron chi connectivity index (χ1n) is 8.64. The number of anilines is 1. The monoisotopic (exact) mass is 394 g/mol. The molecule has 3 rings (SSSR count). The molecule has 3 aromatic rings. The number of amides is 1. The van der Waals surface area contributed by atoms with Gasteiger partial charge in [0.05, 0.1) is 23.8 Å². The van der Waals surface area contributed by atoms with Crippen molar-refractivity contribution in [3.8, 4) is 23.0 Å². The van der Waals surface area contributed by atoms with Crippen molar-refractivity contribution in [2.24, 2.45) is 0 Å². The van der Waals surface area contributed by atoms with Gasteiger partial charge in [0.2, 0.25) is 0 Å². The normalized spacial score (nSPS) is 10.1. The number of benzene rings is 3. The Bertz CT molecular complexity index is 1010. The van der Waals surface area contributed by atoms with Gasteiger partial charge in [0.15, 0.2) is 23.9 Å². The molecule has 0 aliphatic heterocycles. The molecule has 0 aromatic heterocycles. The molecule has 0 aliphatic carbocycles. The van der Waals surface area contributed by atoms with Crippen LogP contribution in [0.4, 0.5) is 11.4 Å². The Morgan fingerprint density at radius 2 is 1.69 bits per heavy atom. The van der Waals surface area contributed by atoms with E-state index in [9.17, 15) is 14.9 Å². The molecule has 0 unspecified atom stereocenters. The molecule has 8 heteroatoms. The van der Waals surface area contributed by atoms with Gasteiger partial charge in [-0.2, -0.15) is 0 Å². The van der Waals surface area contributed by atoms with Gasteiger partial charge in [0, 0.05) is 6.07 Å². The van der Waals surface area contributed by atoms with Crippen molar-refractivity contribution in [1.82, 2.24) is 0 Å². The lowest BCUT2D eigenvalue weighted by molar-refractivity contribution is -0.385. The van der Waals surface area contributed by atoms with Crippen LogP contribution in [0.2, 0.25) is 0 Å². The molecule has 0 radical (unpaired) electrons. The molecule has 148 valence electrons. The summed E-state index contributed by atoms with van der Waals surface area (Å²) in [5, 5.41) is 13.6. The van der Waals surface area contributed by atoms with Crippen molar-refractivity contribution in [2.75, 3.05) is 19.0 Å². The van der Waals surface area contributed by atoms with E-state index in [2.05, 4.69) is 5.32 Å². The maximum atomic E-state index is 12.3. The first kappa shape index (κ1) is 19.7. The van der Waals surface area contributed by atoms with E-state index in [1.54, 1.807) is 36.4 Å². The molecule has 0 fully saturated rings. The van der Waals surface area contributed by atoms with Gasteiger partial charge < -0.3 is 19.5 Å². The minimum Gasteiger partial charge on any atom is -0.493 e. The third-order valence-corrected chi connectivity index (χ3v) is 3.85. The van der Waals surface area contributed by atoms with Crippen molar-refractivity contribution in [2.45, 2.75) is 0 Å². The van der Waals surface area contributed by atoms with Gasteiger partial charge >= 0.3 is 0 Å². The van der Waals surface area contributed by atoms with Crippen molar-refractivity contribution < 1.29 is 23.9 Å². The molecule has 3 aromatic carbocycles. The molecule has 0 spiro atoms. The number of carbonyl (C=O) groups excluding carboxylic acids is 1. The molecular weight excluding hydrogens is 376 g/mol. The number of carbonyl (C=O) groups is 1. The van der Waals surface area contributed by atoms with E-state index in [4.69, 9.17) is 14.2 Å². The third kappa shape index (κ3) is 5.23. The number of hydrogen-bond donors (Lipinski definition) is 1. The lowest BCUT2D eigenvalue weighted by Gasteiger charge is -2.13. The van der Waals surface area contributed by atoms with E-state index in [1.165, 1.54) is 25.3 Å². The van der Waals surface area contributed by atoms with Gasteiger partial charge in [-0.15, -0.1) is 0 Å². The van der Waals surface area contributed by atoms with Crippen molar-refractivity contribution in [1.29, 1.82) is 0 Å². The fraction of sp³-hybridized carbons (Fsp3) is 0.0952. The van der Waals surface area contributed by atoms with Crippen LogP contribution < -0.4 is 19.5 Å². The van der Waals surface area contributed by atoms with Crippen LogP contribution >= 0.6 is 0 Å². The molecule has 0 bridgehead atoms. The van der Waals surface area contributed by atoms with Crippen LogP contribution in [0, 0.1) is 10.1 Å². The Labute approximate surface area is 166 Å². The second kappa shape index (κ2) is 9.23. The summed E-state index contributed by atoms with van der Waals surface area (Å²) < 4.78 is 16.3. The summed E-state index contributed by atoms with van der Waals surface area (Å²) in [6.07, 6.45) is 0. The van der Waals surface area contributed by atoms with Crippen LogP contribution in [-0.4, -0.2) is 24.5 Å². The number of ether oxygens (including phenoxy) is 3. The second-order valence-corrected chi connectivity index (χ2v) is 5.84. The van der Waals surface area contributed by atoms with Crippen LogP contribution in [0.1, 0.15) is 0 Å². The van der Waals surface area contributed by atoms with Crippen LogP contribution in [0.5, 0.6) is 23.0 Å². The molecule has 0 heterocycles. The van der Waals surface area contributed by atoms with Crippen LogP contribution in [0.25, 0.3) is 0 Å². The average molecular weight is 394 g/mol. The van der Waals surface area contributed by atoms with Crippen LogP contribution in [-0.2, 0) is 4.79 Å². The standard InChI is InChI=1S/C21H18N2O6/c1-27-19-12-11-15(23(25)26)13-20(19)28-14-21(24)22-17-9-5-6-10-18(17)29-16-7-3-2-4-8-16/h2-13H,14H2,1H3,(H,22,24). The highest BCUT2D eigenvalue weighted by molar-refractivity contribution is 5.93. The summed E-state index contributed by atoms with van der Waals surface area (Å²) in [5.41, 5.74) is 0.304. The molecular formula is C21H18N2O6. The number of rotatable bonds is 8. The molecule has 0 saturated carbocycles. The first-order valence-corrected chi connectivity index (χ1v) is 8.64. The van der Waals surface area contributed by atoms with Gasteiger partial charge in [-0.05, 0) is 30.3 Å². The fourth-order valence-corrected chi connectivity index (χ4v) is 2.50. The number of nitrogens with one attached hydrogen (secondary N) is 1. The maximum Gasteiger partial charge on any atom is 0.273 e. The first-order chi connectivity index (χ1) is 14.1. The molecule has 29 heavy (non-hydrogen) atoms. The molecule has 8 nitrogen and oxygen atoms in total. The molecule has 0 aliphatic rings. The summed E-state index contributed by atoms with van der Waals surface area (Å²) in [6, 6.07) is 20.1. The zero-order valence-corrected chi connectivity index (χ0v) is 15.5. The van der Waals surface area contributed by atoms with Crippen molar-refractivity contribution >= 4 is 17.3 Å².